The second-order valence-corrected chi connectivity index (χ2v) is 7.60. The summed E-state index contributed by atoms with van der Waals surface area (Å²) in [6.07, 6.45) is 0. The van der Waals surface area contributed by atoms with Gasteiger partial charge in [0.2, 0.25) is 5.91 Å². The predicted octanol–water partition coefficient (Wildman–Crippen LogP) is 5.03. The Hall–Kier alpha value is -3.11. The Bertz CT molecular complexity index is 1070. The first-order valence-corrected chi connectivity index (χ1v) is 9.90. The molecule has 0 bridgehead atoms. The molecular formula is C22H19F2N3OS. The van der Waals surface area contributed by atoms with Gasteiger partial charge in [0.05, 0.1) is 11.3 Å². The molecule has 1 amide bonds. The van der Waals surface area contributed by atoms with Gasteiger partial charge in [0, 0.05) is 17.1 Å². The number of nitrogens with one attached hydrogen (secondary N) is 1. The smallest absolute Gasteiger partial charge is 0.235 e. The highest BCUT2D eigenvalue weighted by Crippen LogP contribution is 2.28. The minimum atomic E-state index is -0.331. The molecule has 0 spiro atoms. The zero-order chi connectivity index (χ0) is 21.0. The number of carbonyl (C=O) groups excluding carboxylic acids is 1. The maximum Gasteiger partial charge on any atom is 0.235 e. The summed E-state index contributed by atoms with van der Waals surface area (Å²) in [7, 11) is 0. The molecule has 1 N–H and O–H groups in total. The Morgan fingerprint density at radius 2 is 1.66 bits per heavy atom. The van der Waals surface area contributed by atoms with Crippen molar-refractivity contribution in [3.63, 3.8) is 0 Å². The highest BCUT2D eigenvalue weighted by molar-refractivity contribution is 8.00. The summed E-state index contributed by atoms with van der Waals surface area (Å²) in [5.74, 6) is -0.374. The van der Waals surface area contributed by atoms with Gasteiger partial charge in [0.15, 0.2) is 0 Å². The Kier molecular flexibility index (Phi) is 6.35. The largest absolute Gasteiger partial charge is 0.326 e. The van der Waals surface area contributed by atoms with E-state index in [0.29, 0.717) is 17.9 Å². The standard InChI is InChI=1S/C22H19F2N3OS/c1-14-15(2)27(12-16-3-5-17(23)6-4-16)22(20(14)11-25)26-21(28)13-29-19-9-7-18(24)8-10-19/h3-10H,12-13H2,1-2H3,(H,26,28). The average Bonchev–Trinajstić information content (AvgIpc) is 2.93. The molecule has 0 unspecified atom stereocenters. The van der Waals surface area contributed by atoms with Crippen LogP contribution in [0.2, 0.25) is 0 Å². The molecule has 148 valence electrons. The first-order chi connectivity index (χ1) is 13.9. The molecule has 0 aliphatic carbocycles. The van der Waals surface area contributed by atoms with Crippen LogP contribution in [0.15, 0.2) is 53.4 Å². The van der Waals surface area contributed by atoms with Gasteiger partial charge < -0.3 is 9.88 Å². The van der Waals surface area contributed by atoms with E-state index in [1.807, 2.05) is 18.4 Å². The van der Waals surface area contributed by atoms with Gasteiger partial charge in [-0.2, -0.15) is 5.26 Å². The van der Waals surface area contributed by atoms with E-state index in [2.05, 4.69) is 11.4 Å². The summed E-state index contributed by atoms with van der Waals surface area (Å²) in [5, 5.41) is 12.4. The summed E-state index contributed by atoms with van der Waals surface area (Å²) in [6.45, 7) is 4.11. The van der Waals surface area contributed by atoms with Crippen molar-refractivity contribution in [2.75, 3.05) is 11.1 Å². The minimum Gasteiger partial charge on any atom is -0.326 e. The highest BCUT2D eigenvalue weighted by atomic mass is 32.2. The maximum atomic E-state index is 13.2. The molecule has 1 aromatic heterocycles. The molecule has 0 atom stereocenters. The number of anilines is 1. The lowest BCUT2D eigenvalue weighted by atomic mass is 10.2. The van der Waals surface area contributed by atoms with Crippen molar-refractivity contribution >= 4 is 23.5 Å². The van der Waals surface area contributed by atoms with Crippen LogP contribution in [-0.4, -0.2) is 16.2 Å². The van der Waals surface area contributed by atoms with E-state index in [1.165, 1.54) is 36.0 Å². The molecule has 3 aromatic rings. The molecule has 29 heavy (non-hydrogen) atoms. The number of thioether (sulfide) groups is 1. The Labute approximate surface area is 172 Å². The molecule has 0 saturated heterocycles. The van der Waals surface area contributed by atoms with E-state index < -0.39 is 0 Å². The summed E-state index contributed by atoms with van der Waals surface area (Å²) >= 11 is 1.28. The normalized spacial score (nSPS) is 10.6. The minimum absolute atomic E-state index is 0.121. The van der Waals surface area contributed by atoms with Gasteiger partial charge in [-0.15, -0.1) is 11.8 Å². The van der Waals surface area contributed by atoms with Crippen molar-refractivity contribution < 1.29 is 13.6 Å². The summed E-state index contributed by atoms with van der Waals surface area (Å²) in [4.78, 5) is 13.3. The molecule has 0 saturated carbocycles. The molecule has 2 aromatic carbocycles. The molecule has 0 fully saturated rings. The van der Waals surface area contributed by atoms with Crippen LogP contribution in [0.4, 0.5) is 14.6 Å². The van der Waals surface area contributed by atoms with Crippen molar-refractivity contribution in [2.24, 2.45) is 0 Å². The predicted molar refractivity (Wildman–Crippen MR) is 110 cm³/mol. The monoisotopic (exact) mass is 411 g/mol. The first-order valence-electron chi connectivity index (χ1n) is 8.91. The topological polar surface area (TPSA) is 57.8 Å². The van der Waals surface area contributed by atoms with Crippen molar-refractivity contribution in [3.8, 4) is 6.07 Å². The molecule has 3 rings (SSSR count). The third-order valence-corrected chi connectivity index (χ3v) is 5.65. The van der Waals surface area contributed by atoms with Crippen LogP contribution in [0, 0.1) is 36.8 Å². The third-order valence-electron chi connectivity index (χ3n) is 4.64. The fourth-order valence-electron chi connectivity index (χ4n) is 2.95. The molecule has 4 nitrogen and oxygen atoms in total. The maximum absolute atomic E-state index is 13.2. The van der Waals surface area contributed by atoms with Gasteiger partial charge in [-0.25, -0.2) is 8.78 Å². The van der Waals surface area contributed by atoms with Gasteiger partial charge >= 0.3 is 0 Å². The van der Waals surface area contributed by atoms with Crippen molar-refractivity contribution in [1.29, 1.82) is 5.26 Å². The third kappa shape index (κ3) is 4.84. The van der Waals surface area contributed by atoms with Crippen molar-refractivity contribution in [2.45, 2.75) is 25.3 Å². The summed E-state index contributed by atoms with van der Waals surface area (Å²) in [6, 6.07) is 14.2. The van der Waals surface area contributed by atoms with Gasteiger partial charge in [0.25, 0.3) is 0 Å². The number of carbonyl (C=O) groups is 1. The second kappa shape index (κ2) is 8.93. The van der Waals surface area contributed by atoms with Crippen molar-refractivity contribution in [3.05, 3.63) is 82.5 Å². The van der Waals surface area contributed by atoms with Gasteiger partial charge in [-0.05, 0) is 61.4 Å². The van der Waals surface area contributed by atoms with E-state index >= 15 is 0 Å². The quantitative estimate of drug-likeness (QED) is 0.579. The van der Waals surface area contributed by atoms with E-state index in [0.717, 1.165) is 21.7 Å². The molecule has 7 heteroatoms. The van der Waals surface area contributed by atoms with Crippen LogP contribution < -0.4 is 5.32 Å². The second-order valence-electron chi connectivity index (χ2n) is 6.55. The molecule has 0 aliphatic heterocycles. The van der Waals surface area contributed by atoms with E-state index in [1.54, 1.807) is 24.3 Å². The summed E-state index contributed by atoms with van der Waals surface area (Å²) < 4.78 is 28.0. The molecule has 0 radical (unpaired) electrons. The number of hydrogen-bond donors (Lipinski definition) is 1. The molecular weight excluding hydrogens is 392 g/mol. The Balaban J connectivity index is 1.80. The Morgan fingerprint density at radius 1 is 1.07 bits per heavy atom. The van der Waals surface area contributed by atoms with Crippen LogP contribution in [0.3, 0.4) is 0 Å². The lowest BCUT2D eigenvalue weighted by molar-refractivity contribution is -0.113. The van der Waals surface area contributed by atoms with Gasteiger partial charge in [-0.1, -0.05) is 12.1 Å². The number of nitriles is 1. The van der Waals surface area contributed by atoms with E-state index in [-0.39, 0.29) is 23.3 Å². The number of hydrogen-bond acceptors (Lipinski definition) is 3. The summed E-state index contributed by atoms with van der Waals surface area (Å²) in [5.41, 5.74) is 2.90. The molecule has 1 heterocycles. The van der Waals surface area contributed by atoms with Crippen molar-refractivity contribution in [1.82, 2.24) is 4.57 Å². The number of halogens is 2. The SMILES string of the molecule is Cc1c(C#N)c(NC(=O)CSc2ccc(F)cc2)n(Cc2ccc(F)cc2)c1C. The average molecular weight is 411 g/mol. The first kappa shape index (κ1) is 20.6. The molecule has 0 aliphatic rings. The van der Waals surface area contributed by atoms with Gasteiger partial charge in [-0.3, -0.25) is 4.79 Å². The number of rotatable bonds is 6. The fourth-order valence-corrected chi connectivity index (χ4v) is 3.65. The highest BCUT2D eigenvalue weighted by Gasteiger charge is 2.20. The number of aromatic nitrogens is 1. The fraction of sp³-hybridized carbons (Fsp3) is 0.182. The number of nitrogens with zero attached hydrogens (tertiary/aromatic N) is 2. The lowest BCUT2D eigenvalue weighted by Crippen LogP contribution is -2.18. The van der Waals surface area contributed by atoms with Crippen LogP contribution >= 0.6 is 11.8 Å². The van der Waals surface area contributed by atoms with Crippen LogP contribution in [0.25, 0.3) is 0 Å². The lowest BCUT2D eigenvalue weighted by Gasteiger charge is -2.13. The van der Waals surface area contributed by atoms with E-state index in [9.17, 15) is 18.8 Å². The Morgan fingerprint density at radius 3 is 2.24 bits per heavy atom. The van der Waals surface area contributed by atoms with E-state index in [4.69, 9.17) is 0 Å². The zero-order valence-electron chi connectivity index (χ0n) is 16.0. The number of benzene rings is 2. The van der Waals surface area contributed by atoms with Crippen LogP contribution in [-0.2, 0) is 11.3 Å². The van der Waals surface area contributed by atoms with Crippen LogP contribution in [0.1, 0.15) is 22.4 Å². The number of amides is 1. The van der Waals surface area contributed by atoms with Gasteiger partial charge in [0.1, 0.15) is 23.5 Å². The zero-order valence-corrected chi connectivity index (χ0v) is 16.8. The van der Waals surface area contributed by atoms with Crippen LogP contribution in [0.5, 0.6) is 0 Å².